The van der Waals surface area contributed by atoms with Gasteiger partial charge in [0.25, 0.3) is 0 Å². The van der Waals surface area contributed by atoms with Crippen molar-refractivity contribution in [1.29, 1.82) is 0 Å². The van der Waals surface area contributed by atoms with E-state index in [1.165, 1.54) is 257 Å². The lowest BCUT2D eigenvalue weighted by atomic mass is 9.96. The molecular weight excluding hydrogens is 1460 g/mol. The molecule has 0 spiro atoms. The van der Waals surface area contributed by atoms with Crippen LogP contribution in [-0.4, -0.2) is 193 Å². The highest BCUT2D eigenvalue weighted by atomic mass is 16.8. The molecule has 0 aromatic rings. The number of ether oxygens (including phenoxy) is 6. The summed E-state index contributed by atoms with van der Waals surface area (Å²) < 4.78 is 34.6. The molecule has 3 rings (SSSR count). The Morgan fingerprint density at radius 3 is 0.939 bits per heavy atom. The molecule has 0 aromatic heterocycles. The lowest BCUT2D eigenvalue weighted by Gasteiger charge is -2.48. The maximum atomic E-state index is 13.5. The second kappa shape index (κ2) is 74.5. The number of allylic oxidation sites excluding steroid dienone is 15. The summed E-state index contributed by atoms with van der Waals surface area (Å²) in [5.41, 5.74) is 0. The first-order valence-corrected chi connectivity index (χ1v) is 47.0. The van der Waals surface area contributed by atoms with Crippen LogP contribution in [0.15, 0.2) is 97.2 Å². The van der Waals surface area contributed by atoms with Crippen molar-refractivity contribution >= 4 is 5.91 Å². The summed E-state index contributed by atoms with van der Waals surface area (Å²) >= 11 is 0. The minimum Gasteiger partial charge on any atom is -0.394 e. The molecule has 668 valence electrons. The normalized spacial score (nSPS) is 25.0. The van der Waals surface area contributed by atoms with E-state index in [0.29, 0.717) is 6.42 Å². The molecule has 3 aliphatic rings. The van der Waals surface area contributed by atoms with Crippen molar-refractivity contribution in [1.82, 2.24) is 5.32 Å². The highest BCUT2D eigenvalue weighted by molar-refractivity contribution is 5.76. The maximum Gasteiger partial charge on any atom is 0.220 e. The molecule has 0 bridgehead atoms. The van der Waals surface area contributed by atoms with Crippen molar-refractivity contribution in [2.45, 2.75) is 478 Å². The first kappa shape index (κ1) is 106. The summed E-state index contributed by atoms with van der Waals surface area (Å²) in [6.45, 7) is 1.67. The number of carbonyl (C=O) groups excluding carboxylic acids is 1. The Hall–Kier alpha value is -3.29. The summed E-state index contributed by atoms with van der Waals surface area (Å²) in [5.74, 6) is -0.272. The van der Waals surface area contributed by atoms with Gasteiger partial charge >= 0.3 is 0 Å². The largest absolute Gasteiger partial charge is 0.394 e. The van der Waals surface area contributed by atoms with E-state index in [1.54, 1.807) is 6.08 Å². The number of hydrogen-bond donors (Lipinski definition) is 12. The predicted octanol–water partition coefficient (Wildman–Crippen LogP) is 18.6. The lowest BCUT2D eigenvalue weighted by molar-refractivity contribution is -0.379. The van der Waals surface area contributed by atoms with Crippen LogP contribution in [0.1, 0.15) is 373 Å². The van der Waals surface area contributed by atoms with Crippen molar-refractivity contribution in [2.24, 2.45) is 0 Å². The average molecular weight is 1630 g/mol. The van der Waals surface area contributed by atoms with Crippen LogP contribution >= 0.6 is 0 Å². The number of aliphatic hydroxyl groups excluding tert-OH is 11. The summed E-state index contributed by atoms with van der Waals surface area (Å²) in [6, 6.07) is -0.979. The van der Waals surface area contributed by atoms with Gasteiger partial charge in [-0.1, -0.05) is 387 Å². The smallest absolute Gasteiger partial charge is 0.220 e. The minimum absolute atomic E-state index is 0.242. The van der Waals surface area contributed by atoms with E-state index < -0.39 is 124 Å². The van der Waals surface area contributed by atoms with Gasteiger partial charge in [0.05, 0.1) is 38.6 Å². The van der Waals surface area contributed by atoms with Gasteiger partial charge in [-0.3, -0.25) is 4.79 Å². The van der Waals surface area contributed by atoms with E-state index >= 15 is 0 Å². The molecule has 0 radical (unpaired) electrons. The van der Waals surface area contributed by atoms with Gasteiger partial charge in [-0.2, -0.15) is 0 Å². The van der Waals surface area contributed by atoms with Crippen LogP contribution in [-0.2, 0) is 33.2 Å². The summed E-state index contributed by atoms with van der Waals surface area (Å²) in [4.78, 5) is 13.5. The molecule has 12 N–H and O–H groups in total. The number of aliphatic hydroxyl groups is 11. The third-order valence-corrected chi connectivity index (χ3v) is 22.9. The Bertz CT molecular complexity index is 2450. The predicted molar refractivity (Wildman–Crippen MR) is 466 cm³/mol. The molecule has 115 heavy (non-hydrogen) atoms. The van der Waals surface area contributed by atoms with Crippen LogP contribution in [0.2, 0.25) is 0 Å². The zero-order valence-electron chi connectivity index (χ0n) is 72.3. The van der Waals surface area contributed by atoms with E-state index in [0.717, 1.165) is 89.9 Å². The summed E-state index contributed by atoms with van der Waals surface area (Å²) in [6.07, 6.45) is 77.0. The Labute approximate surface area is 698 Å². The maximum absolute atomic E-state index is 13.5. The van der Waals surface area contributed by atoms with Crippen molar-refractivity contribution < 1.29 is 89.4 Å². The van der Waals surface area contributed by atoms with Gasteiger partial charge in [0.2, 0.25) is 5.91 Å². The molecule has 19 nitrogen and oxygen atoms in total. The fraction of sp³-hybridized carbons (Fsp3) is 0.823. The second-order valence-corrected chi connectivity index (χ2v) is 33.1. The second-order valence-electron chi connectivity index (χ2n) is 33.1. The topological polar surface area (TPSA) is 307 Å². The Morgan fingerprint density at radius 2 is 0.600 bits per heavy atom. The van der Waals surface area contributed by atoms with Crippen molar-refractivity contribution in [2.75, 3.05) is 26.4 Å². The van der Waals surface area contributed by atoms with Gasteiger partial charge in [0.15, 0.2) is 18.9 Å². The van der Waals surface area contributed by atoms with Gasteiger partial charge in [0, 0.05) is 6.42 Å². The van der Waals surface area contributed by atoms with Gasteiger partial charge in [-0.05, 0) is 77.0 Å². The standard InChI is InChI=1S/C96H171NO18/c1-3-5-7-9-11-13-15-17-19-21-23-25-27-29-31-33-35-36-37-38-39-40-41-42-44-46-48-50-52-54-56-58-60-62-64-66-68-70-72-74-84(102)97-79(80(101)73-71-69-67-65-63-61-59-57-55-53-51-49-47-45-43-34-32-30-28-26-24-22-20-18-16-14-12-10-8-6-4-2)78-110-94-90(108)87(105)92(82(76-99)112-94)115-96-91(109)88(106)93(83(77-100)113-96)114-95-89(107)86(104)85(103)81(75-98)111-95/h5,7,11,13,17,19,23,25,29,31,35-36,38-39,71,73,79-83,85-96,98-101,103-109H,3-4,6,8-10,12,14-16,18,20-22,24,26-28,30,32-34,37,40-70,72,74-78H2,1-2H3,(H,97,102)/b7-5-,13-11-,19-17-,25-23-,31-29-,36-35-,39-38-,73-71+. The van der Waals surface area contributed by atoms with Crippen LogP contribution in [0.5, 0.6) is 0 Å². The number of hydrogen-bond acceptors (Lipinski definition) is 18. The van der Waals surface area contributed by atoms with Crippen LogP contribution in [0, 0.1) is 0 Å². The number of unbranched alkanes of at least 4 members (excludes halogenated alkanes) is 46. The zero-order chi connectivity index (χ0) is 83.1. The number of carbonyl (C=O) groups is 1. The van der Waals surface area contributed by atoms with E-state index in [4.69, 9.17) is 28.4 Å². The Kier molecular flexibility index (Phi) is 68.6. The molecule has 3 fully saturated rings. The number of amides is 1. The van der Waals surface area contributed by atoms with E-state index in [-0.39, 0.29) is 18.9 Å². The van der Waals surface area contributed by atoms with Gasteiger partial charge in [-0.15, -0.1) is 0 Å². The number of nitrogens with one attached hydrogen (secondary N) is 1. The average Bonchev–Trinajstić information content (AvgIpc) is 0.779. The summed E-state index contributed by atoms with van der Waals surface area (Å²) in [7, 11) is 0. The highest BCUT2D eigenvalue weighted by Crippen LogP contribution is 2.34. The molecule has 17 unspecified atom stereocenters. The molecule has 0 aromatic carbocycles. The van der Waals surface area contributed by atoms with E-state index in [2.05, 4.69) is 104 Å². The molecule has 17 atom stereocenters. The third kappa shape index (κ3) is 52.6. The highest BCUT2D eigenvalue weighted by Gasteiger charge is 2.54. The first-order valence-electron chi connectivity index (χ1n) is 47.0. The van der Waals surface area contributed by atoms with Crippen molar-refractivity contribution in [3.63, 3.8) is 0 Å². The molecule has 1 amide bonds. The van der Waals surface area contributed by atoms with E-state index in [9.17, 15) is 61.0 Å². The third-order valence-electron chi connectivity index (χ3n) is 22.9. The fourth-order valence-corrected chi connectivity index (χ4v) is 15.5. The van der Waals surface area contributed by atoms with Crippen LogP contribution in [0.25, 0.3) is 0 Å². The first-order chi connectivity index (χ1) is 56.3. The fourth-order valence-electron chi connectivity index (χ4n) is 15.5. The van der Waals surface area contributed by atoms with Gasteiger partial charge in [-0.25, -0.2) is 0 Å². The Morgan fingerprint density at radius 1 is 0.322 bits per heavy atom. The molecule has 3 heterocycles. The van der Waals surface area contributed by atoms with Crippen LogP contribution in [0.3, 0.4) is 0 Å². The zero-order valence-corrected chi connectivity index (χ0v) is 72.3. The van der Waals surface area contributed by atoms with Gasteiger partial charge in [0.1, 0.15) is 73.2 Å². The van der Waals surface area contributed by atoms with E-state index in [1.807, 2.05) is 6.08 Å². The molecule has 3 aliphatic heterocycles. The van der Waals surface area contributed by atoms with Crippen LogP contribution in [0.4, 0.5) is 0 Å². The Balaban J connectivity index is 1.31. The van der Waals surface area contributed by atoms with Crippen molar-refractivity contribution in [3.05, 3.63) is 97.2 Å². The molecule has 0 saturated carbocycles. The monoisotopic (exact) mass is 1630 g/mol. The quantitative estimate of drug-likeness (QED) is 0.0199. The molecule has 19 heteroatoms. The lowest BCUT2D eigenvalue weighted by Crippen LogP contribution is -2.66. The van der Waals surface area contributed by atoms with Crippen LogP contribution < -0.4 is 5.32 Å². The SMILES string of the molecule is CC/C=C\C/C=C\C/C=C\C/C=C\C/C=C\C/C=C\C/C=C\CCCCCCCCCCCCCCCCCCCC(=O)NC(COC1OC(CO)C(OC2OC(CO)C(OC3OC(CO)C(O)C(O)C3O)C(O)C2O)C(O)C1O)C(O)/C=C/CCCCCCCCCCCCCCCCCCCCCCCCCCCCCCC. The molecular formula is C96H171NO18. The molecule has 3 saturated heterocycles. The molecule has 0 aliphatic carbocycles. The number of rotatable bonds is 76. The minimum atomic E-state index is -1.98. The van der Waals surface area contributed by atoms with Crippen molar-refractivity contribution in [3.8, 4) is 0 Å². The summed E-state index contributed by atoms with van der Waals surface area (Å²) in [5, 5.41) is 121. The van der Waals surface area contributed by atoms with Gasteiger partial charge < -0.3 is 89.9 Å².